The van der Waals surface area contributed by atoms with Gasteiger partial charge in [-0.2, -0.15) is 0 Å². The first kappa shape index (κ1) is 11.9. The lowest BCUT2D eigenvalue weighted by Gasteiger charge is -2.06. The first-order chi connectivity index (χ1) is 8.33. The maximum absolute atomic E-state index is 5.15. The molecule has 0 bridgehead atoms. The lowest BCUT2D eigenvalue weighted by atomic mass is 10.3. The number of rotatable bonds is 6. The number of hydrogen-bond acceptors (Lipinski definition) is 4. The molecule has 0 fully saturated rings. The molecule has 0 radical (unpaired) electrons. The van der Waals surface area contributed by atoms with Gasteiger partial charge in [0.1, 0.15) is 12.3 Å². The number of aromatic nitrogens is 2. The average Bonchev–Trinajstić information content (AvgIpc) is 2.91. The fourth-order valence-corrected chi connectivity index (χ4v) is 1.76. The molecule has 92 valence electrons. The Balaban J connectivity index is 2.05. The number of ether oxygens (including phenoxy) is 1. The standard InChI is InChI=1S/C12H17N3O2/c1-13-7-11-4-3-5-15(11)8-10-6-12(9-16-2)17-14-10/h3-6,13H,7-9H2,1-2H3. The van der Waals surface area contributed by atoms with Crippen molar-refractivity contribution in [2.45, 2.75) is 19.7 Å². The van der Waals surface area contributed by atoms with Crippen LogP contribution in [0.15, 0.2) is 28.9 Å². The van der Waals surface area contributed by atoms with Crippen LogP contribution in [0.3, 0.4) is 0 Å². The van der Waals surface area contributed by atoms with Crippen LogP contribution in [0.2, 0.25) is 0 Å². The lowest BCUT2D eigenvalue weighted by molar-refractivity contribution is 0.155. The van der Waals surface area contributed by atoms with Crippen molar-refractivity contribution in [3.8, 4) is 0 Å². The molecule has 0 unspecified atom stereocenters. The molecule has 2 aromatic rings. The van der Waals surface area contributed by atoms with E-state index in [4.69, 9.17) is 9.26 Å². The normalized spacial score (nSPS) is 10.9. The first-order valence-electron chi connectivity index (χ1n) is 5.55. The van der Waals surface area contributed by atoms with Crippen LogP contribution in [0.5, 0.6) is 0 Å². The quantitative estimate of drug-likeness (QED) is 0.822. The van der Waals surface area contributed by atoms with Crippen LogP contribution >= 0.6 is 0 Å². The van der Waals surface area contributed by atoms with E-state index >= 15 is 0 Å². The highest BCUT2D eigenvalue weighted by molar-refractivity contribution is 5.11. The summed E-state index contributed by atoms with van der Waals surface area (Å²) in [5, 5.41) is 7.15. The first-order valence-corrected chi connectivity index (χ1v) is 5.55. The van der Waals surface area contributed by atoms with E-state index in [2.05, 4.69) is 21.1 Å². The van der Waals surface area contributed by atoms with E-state index in [0.717, 1.165) is 24.5 Å². The SMILES string of the molecule is CNCc1cccn1Cc1cc(COC)on1. The second kappa shape index (κ2) is 5.65. The van der Waals surface area contributed by atoms with Gasteiger partial charge in [0.15, 0.2) is 5.76 Å². The number of nitrogens with zero attached hydrogens (tertiary/aromatic N) is 2. The lowest BCUT2D eigenvalue weighted by Crippen LogP contribution is -2.11. The molecule has 0 atom stereocenters. The molecule has 2 aromatic heterocycles. The molecule has 0 aliphatic heterocycles. The summed E-state index contributed by atoms with van der Waals surface area (Å²) >= 11 is 0. The fourth-order valence-electron chi connectivity index (χ4n) is 1.76. The summed E-state index contributed by atoms with van der Waals surface area (Å²) < 4.78 is 12.3. The molecule has 17 heavy (non-hydrogen) atoms. The van der Waals surface area contributed by atoms with Gasteiger partial charge in [-0.15, -0.1) is 0 Å². The Bertz CT molecular complexity index is 462. The molecule has 2 rings (SSSR count). The van der Waals surface area contributed by atoms with E-state index in [0.29, 0.717) is 6.61 Å². The minimum absolute atomic E-state index is 0.460. The summed E-state index contributed by atoms with van der Waals surface area (Å²) in [6, 6.07) is 6.04. The van der Waals surface area contributed by atoms with Crippen LogP contribution in [0.1, 0.15) is 17.1 Å². The second-order valence-electron chi connectivity index (χ2n) is 3.88. The van der Waals surface area contributed by atoms with Gasteiger partial charge >= 0.3 is 0 Å². The molecular weight excluding hydrogens is 218 g/mol. The zero-order valence-corrected chi connectivity index (χ0v) is 10.1. The van der Waals surface area contributed by atoms with Crippen molar-refractivity contribution in [1.82, 2.24) is 15.0 Å². The van der Waals surface area contributed by atoms with E-state index in [1.165, 1.54) is 5.69 Å². The molecule has 0 aliphatic carbocycles. The molecule has 5 nitrogen and oxygen atoms in total. The summed E-state index contributed by atoms with van der Waals surface area (Å²) in [6.07, 6.45) is 2.04. The third-order valence-electron chi connectivity index (χ3n) is 2.51. The Labute approximate surface area is 100 Å². The van der Waals surface area contributed by atoms with Crippen LogP contribution in [-0.2, 0) is 24.4 Å². The molecule has 0 aromatic carbocycles. The molecule has 0 saturated carbocycles. The number of hydrogen-bond donors (Lipinski definition) is 1. The smallest absolute Gasteiger partial charge is 0.162 e. The van der Waals surface area contributed by atoms with Crippen molar-refractivity contribution in [1.29, 1.82) is 0 Å². The highest BCUT2D eigenvalue weighted by Crippen LogP contribution is 2.09. The Morgan fingerprint density at radius 2 is 2.41 bits per heavy atom. The summed E-state index contributed by atoms with van der Waals surface area (Å²) in [4.78, 5) is 0. The predicted octanol–water partition coefficient (Wildman–Crippen LogP) is 1.39. The van der Waals surface area contributed by atoms with Gasteiger partial charge in [-0.25, -0.2) is 0 Å². The molecule has 0 spiro atoms. The van der Waals surface area contributed by atoms with Crippen molar-refractivity contribution in [2.75, 3.05) is 14.2 Å². The van der Waals surface area contributed by atoms with Gasteiger partial charge in [0, 0.05) is 31.6 Å². The fraction of sp³-hybridized carbons (Fsp3) is 0.417. The highest BCUT2D eigenvalue weighted by Gasteiger charge is 2.06. The highest BCUT2D eigenvalue weighted by atomic mass is 16.5. The summed E-state index contributed by atoms with van der Waals surface area (Å²) in [6.45, 7) is 2.02. The summed E-state index contributed by atoms with van der Waals surface area (Å²) in [7, 11) is 3.57. The zero-order valence-electron chi connectivity index (χ0n) is 10.1. The topological polar surface area (TPSA) is 52.2 Å². The molecule has 0 aliphatic rings. The van der Waals surface area contributed by atoms with E-state index in [1.54, 1.807) is 7.11 Å². The third kappa shape index (κ3) is 2.95. The van der Waals surface area contributed by atoms with Crippen molar-refractivity contribution >= 4 is 0 Å². The number of nitrogens with one attached hydrogen (secondary N) is 1. The summed E-state index contributed by atoms with van der Waals surface area (Å²) in [5.74, 6) is 0.754. The van der Waals surface area contributed by atoms with Gasteiger partial charge < -0.3 is 19.1 Å². The minimum atomic E-state index is 0.460. The van der Waals surface area contributed by atoms with Crippen molar-refractivity contribution in [3.63, 3.8) is 0 Å². The Morgan fingerprint density at radius 1 is 1.53 bits per heavy atom. The molecule has 0 saturated heterocycles. The van der Waals surface area contributed by atoms with Crippen molar-refractivity contribution in [2.24, 2.45) is 0 Å². The Hall–Kier alpha value is -1.59. The monoisotopic (exact) mass is 235 g/mol. The summed E-state index contributed by atoms with van der Waals surface area (Å²) in [5.41, 5.74) is 2.13. The van der Waals surface area contributed by atoms with Gasteiger partial charge in [-0.1, -0.05) is 5.16 Å². The van der Waals surface area contributed by atoms with Gasteiger partial charge in [0.25, 0.3) is 0 Å². The zero-order chi connectivity index (χ0) is 12.1. The maximum atomic E-state index is 5.15. The van der Waals surface area contributed by atoms with E-state index in [9.17, 15) is 0 Å². The molecular formula is C12H17N3O2. The van der Waals surface area contributed by atoms with Crippen LogP contribution in [0.25, 0.3) is 0 Å². The predicted molar refractivity (Wildman–Crippen MR) is 63.5 cm³/mol. The van der Waals surface area contributed by atoms with E-state index < -0.39 is 0 Å². The van der Waals surface area contributed by atoms with Crippen LogP contribution in [-0.4, -0.2) is 23.9 Å². The largest absolute Gasteiger partial charge is 0.377 e. The van der Waals surface area contributed by atoms with Gasteiger partial charge in [-0.3, -0.25) is 0 Å². The van der Waals surface area contributed by atoms with Crippen molar-refractivity contribution in [3.05, 3.63) is 41.5 Å². The van der Waals surface area contributed by atoms with Crippen molar-refractivity contribution < 1.29 is 9.26 Å². The van der Waals surface area contributed by atoms with Gasteiger partial charge in [0.05, 0.1) is 6.54 Å². The van der Waals surface area contributed by atoms with Crippen LogP contribution in [0.4, 0.5) is 0 Å². The van der Waals surface area contributed by atoms with E-state index in [-0.39, 0.29) is 0 Å². The number of methoxy groups -OCH3 is 1. The molecule has 2 heterocycles. The van der Waals surface area contributed by atoms with Gasteiger partial charge in [-0.05, 0) is 19.2 Å². The third-order valence-corrected chi connectivity index (χ3v) is 2.51. The minimum Gasteiger partial charge on any atom is -0.377 e. The van der Waals surface area contributed by atoms with Crippen LogP contribution < -0.4 is 5.32 Å². The second-order valence-corrected chi connectivity index (χ2v) is 3.88. The average molecular weight is 235 g/mol. The molecule has 1 N–H and O–H groups in total. The molecule has 0 amide bonds. The Kier molecular flexibility index (Phi) is 3.95. The molecule has 5 heteroatoms. The van der Waals surface area contributed by atoms with Gasteiger partial charge in [0.2, 0.25) is 0 Å². The Morgan fingerprint density at radius 3 is 3.18 bits per heavy atom. The van der Waals surface area contributed by atoms with E-state index in [1.807, 2.05) is 25.4 Å². The maximum Gasteiger partial charge on any atom is 0.162 e. The van der Waals surface area contributed by atoms with Crippen LogP contribution in [0, 0.1) is 0 Å².